The van der Waals surface area contributed by atoms with Crippen LogP contribution < -0.4 is 10.6 Å². The number of allylic oxidation sites excluding steroid dienone is 3. The lowest BCUT2D eigenvalue weighted by atomic mass is 9.69. The fourth-order valence-electron chi connectivity index (χ4n) is 4.72. The topological polar surface area (TPSA) is 108 Å². The molecule has 2 N–H and O–H groups in total. The highest BCUT2D eigenvalue weighted by Crippen LogP contribution is 2.47. The van der Waals surface area contributed by atoms with E-state index in [9.17, 15) is 19.6 Å². The van der Waals surface area contributed by atoms with Crippen LogP contribution in [0, 0.1) is 16.7 Å². The Hall–Kier alpha value is -3.54. The number of dihydropyridines is 1. The Morgan fingerprint density at radius 1 is 1.16 bits per heavy atom. The molecule has 0 saturated heterocycles. The molecular weight excluding hydrogens is 522 g/mol. The smallest absolute Gasteiger partial charge is 0.338 e. The van der Waals surface area contributed by atoms with E-state index >= 15 is 0 Å². The maximum atomic E-state index is 13.3. The second-order valence-electron chi connectivity index (χ2n) is 9.93. The number of ether oxygens (including phenoxy) is 1. The van der Waals surface area contributed by atoms with Gasteiger partial charge in [0, 0.05) is 28.4 Å². The number of carbonyl (C=O) groups is 3. The molecule has 0 spiro atoms. The van der Waals surface area contributed by atoms with Gasteiger partial charge in [-0.1, -0.05) is 49.3 Å². The number of benzene rings is 2. The Labute approximate surface area is 231 Å². The second kappa shape index (κ2) is 11.5. The molecule has 1 aliphatic carbocycles. The molecule has 38 heavy (non-hydrogen) atoms. The molecule has 1 atom stereocenters. The summed E-state index contributed by atoms with van der Waals surface area (Å²) in [5.74, 6) is -1.16. The van der Waals surface area contributed by atoms with Crippen LogP contribution in [0.2, 0.25) is 5.02 Å². The van der Waals surface area contributed by atoms with Crippen molar-refractivity contribution in [3.8, 4) is 6.07 Å². The van der Waals surface area contributed by atoms with Crippen LogP contribution in [0.15, 0.2) is 70.4 Å². The standard InChI is InChI=1S/C29H28ClN3O4S/c1-4-37-28(36)18-7-11-20(12-8-18)32-24(35)16-38-27-21(15-31)25(17-5-9-19(30)10-6-17)26-22(33-27)13-29(2,3)14-23(26)34/h5-12,25,33H,4,13-14,16H2,1-3H3,(H,32,35). The molecule has 9 heteroatoms. The summed E-state index contributed by atoms with van der Waals surface area (Å²) in [5, 5.41) is 17.4. The highest BCUT2D eigenvalue weighted by atomic mass is 35.5. The minimum atomic E-state index is -0.530. The number of amides is 1. The zero-order valence-corrected chi connectivity index (χ0v) is 23.0. The van der Waals surface area contributed by atoms with Gasteiger partial charge < -0.3 is 15.4 Å². The maximum absolute atomic E-state index is 13.3. The molecule has 2 aromatic rings. The summed E-state index contributed by atoms with van der Waals surface area (Å²) >= 11 is 7.32. The van der Waals surface area contributed by atoms with Gasteiger partial charge in [-0.05, 0) is 60.7 Å². The zero-order chi connectivity index (χ0) is 27.4. The van der Waals surface area contributed by atoms with Crippen molar-refractivity contribution < 1.29 is 19.1 Å². The number of anilines is 1. The first-order valence-corrected chi connectivity index (χ1v) is 13.6. The fraction of sp³-hybridized carbons (Fsp3) is 0.310. The van der Waals surface area contributed by atoms with Crippen molar-refractivity contribution in [1.82, 2.24) is 5.32 Å². The Kier molecular flexibility index (Phi) is 8.29. The third-order valence-electron chi connectivity index (χ3n) is 6.36. The number of nitrogens with zero attached hydrogens (tertiary/aromatic N) is 1. The number of halogens is 1. The molecule has 7 nitrogen and oxygen atoms in total. The molecule has 1 amide bonds. The van der Waals surface area contributed by atoms with Gasteiger partial charge in [-0.25, -0.2) is 4.79 Å². The Bertz CT molecular complexity index is 1370. The summed E-state index contributed by atoms with van der Waals surface area (Å²) < 4.78 is 4.98. The normalized spacial score (nSPS) is 18.3. The number of nitriles is 1. The molecule has 196 valence electrons. The minimum absolute atomic E-state index is 0.0181. The first-order chi connectivity index (χ1) is 18.1. The number of rotatable bonds is 7. The largest absolute Gasteiger partial charge is 0.462 e. The molecule has 0 radical (unpaired) electrons. The molecule has 4 rings (SSSR count). The van der Waals surface area contributed by atoms with E-state index in [1.54, 1.807) is 43.3 Å². The van der Waals surface area contributed by atoms with E-state index < -0.39 is 11.9 Å². The van der Waals surface area contributed by atoms with Gasteiger partial charge in [-0.3, -0.25) is 9.59 Å². The van der Waals surface area contributed by atoms with Crippen molar-refractivity contribution in [2.75, 3.05) is 17.7 Å². The summed E-state index contributed by atoms with van der Waals surface area (Å²) in [6.07, 6.45) is 1.05. The monoisotopic (exact) mass is 549 g/mol. The zero-order valence-electron chi connectivity index (χ0n) is 21.4. The van der Waals surface area contributed by atoms with Crippen LogP contribution in [0.1, 0.15) is 55.5 Å². The molecule has 1 heterocycles. The summed E-state index contributed by atoms with van der Waals surface area (Å²) in [6, 6.07) is 15.9. The van der Waals surface area contributed by atoms with Crippen LogP contribution in [-0.2, 0) is 14.3 Å². The summed E-state index contributed by atoms with van der Waals surface area (Å²) in [7, 11) is 0. The van der Waals surface area contributed by atoms with Crippen molar-refractivity contribution in [3.05, 3.63) is 86.6 Å². The number of thioether (sulfide) groups is 1. The average Bonchev–Trinajstić information content (AvgIpc) is 2.87. The highest BCUT2D eigenvalue weighted by Gasteiger charge is 2.41. The quantitative estimate of drug-likeness (QED) is 0.410. The molecule has 0 aromatic heterocycles. The van der Waals surface area contributed by atoms with Crippen molar-refractivity contribution in [1.29, 1.82) is 5.26 Å². The molecule has 0 bridgehead atoms. The number of nitrogens with one attached hydrogen (secondary N) is 2. The highest BCUT2D eigenvalue weighted by molar-refractivity contribution is 8.03. The number of ketones is 1. The van der Waals surface area contributed by atoms with E-state index in [2.05, 4.69) is 16.7 Å². The van der Waals surface area contributed by atoms with Crippen LogP contribution in [0.4, 0.5) is 5.69 Å². The first kappa shape index (κ1) is 27.5. The summed E-state index contributed by atoms with van der Waals surface area (Å²) in [6.45, 7) is 6.11. The van der Waals surface area contributed by atoms with Crippen LogP contribution >= 0.6 is 23.4 Å². The van der Waals surface area contributed by atoms with E-state index in [-0.39, 0.29) is 29.5 Å². The van der Waals surface area contributed by atoms with Crippen molar-refractivity contribution in [3.63, 3.8) is 0 Å². The molecule has 0 fully saturated rings. The molecule has 2 aromatic carbocycles. The van der Waals surface area contributed by atoms with Gasteiger partial charge in [0.25, 0.3) is 0 Å². The third kappa shape index (κ3) is 6.12. The van der Waals surface area contributed by atoms with Crippen molar-refractivity contribution >= 4 is 46.7 Å². The van der Waals surface area contributed by atoms with Crippen LogP contribution in [-0.4, -0.2) is 30.0 Å². The molecular formula is C29H28ClN3O4S. The Balaban J connectivity index is 1.55. The molecule has 0 saturated carbocycles. The lowest BCUT2D eigenvalue weighted by Gasteiger charge is -2.39. The number of hydrogen-bond donors (Lipinski definition) is 2. The number of carbonyl (C=O) groups excluding carboxylic acids is 3. The van der Waals surface area contributed by atoms with Crippen LogP contribution in [0.3, 0.4) is 0 Å². The van der Waals surface area contributed by atoms with Gasteiger partial charge in [0.2, 0.25) is 5.91 Å². The Morgan fingerprint density at radius 2 is 1.84 bits per heavy atom. The van der Waals surface area contributed by atoms with Gasteiger partial charge in [-0.15, -0.1) is 0 Å². The molecule has 1 unspecified atom stereocenters. The predicted octanol–water partition coefficient (Wildman–Crippen LogP) is 5.95. The van der Waals surface area contributed by atoms with Gasteiger partial charge in [0.15, 0.2) is 5.78 Å². The SMILES string of the molecule is CCOC(=O)c1ccc(NC(=O)CSC2=C(C#N)C(c3ccc(Cl)cc3)C3=C(CC(C)(C)CC3=O)N2)cc1. The van der Waals surface area contributed by atoms with Gasteiger partial charge in [-0.2, -0.15) is 5.26 Å². The maximum Gasteiger partial charge on any atom is 0.338 e. The van der Waals surface area contributed by atoms with Gasteiger partial charge in [0.1, 0.15) is 0 Å². The van der Waals surface area contributed by atoms with E-state index in [0.717, 1.165) is 11.3 Å². The van der Waals surface area contributed by atoms with Gasteiger partial charge >= 0.3 is 5.97 Å². The Morgan fingerprint density at radius 3 is 2.47 bits per heavy atom. The lowest BCUT2D eigenvalue weighted by molar-refractivity contribution is -0.118. The molecule has 1 aliphatic heterocycles. The second-order valence-corrected chi connectivity index (χ2v) is 11.4. The van der Waals surface area contributed by atoms with E-state index in [0.29, 0.717) is 45.3 Å². The number of esters is 1. The van der Waals surface area contributed by atoms with Gasteiger partial charge in [0.05, 0.1) is 40.5 Å². The number of Topliss-reactive ketones (excluding diaryl/α,β-unsaturated/α-hetero) is 1. The van der Waals surface area contributed by atoms with Crippen LogP contribution in [0.5, 0.6) is 0 Å². The van der Waals surface area contributed by atoms with Crippen molar-refractivity contribution in [2.24, 2.45) is 5.41 Å². The van der Waals surface area contributed by atoms with E-state index in [1.807, 2.05) is 26.0 Å². The fourth-order valence-corrected chi connectivity index (χ4v) is 5.71. The van der Waals surface area contributed by atoms with E-state index in [4.69, 9.17) is 16.3 Å². The summed E-state index contributed by atoms with van der Waals surface area (Å²) in [5.41, 5.74) is 3.32. The third-order valence-corrected chi connectivity index (χ3v) is 7.63. The van der Waals surface area contributed by atoms with Crippen LogP contribution in [0.25, 0.3) is 0 Å². The minimum Gasteiger partial charge on any atom is -0.462 e. The molecule has 2 aliphatic rings. The average molecular weight is 550 g/mol. The number of hydrogen-bond acceptors (Lipinski definition) is 7. The summed E-state index contributed by atoms with van der Waals surface area (Å²) in [4.78, 5) is 37.9. The first-order valence-electron chi connectivity index (χ1n) is 12.2. The van der Waals surface area contributed by atoms with Crippen molar-refractivity contribution in [2.45, 2.75) is 39.5 Å². The van der Waals surface area contributed by atoms with E-state index in [1.165, 1.54) is 11.8 Å². The predicted molar refractivity (Wildman–Crippen MR) is 149 cm³/mol. The lowest BCUT2D eigenvalue weighted by Crippen LogP contribution is -2.37.